The van der Waals surface area contributed by atoms with Crippen LogP contribution in [0.15, 0.2) is 36.4 Å². The van der Waals surface area contributed by atoms with Crippen molar-refractivity contribution in [3.8, 4) is 0 Å². The molecule has 0 N–H and O–H groups in total. The van der Waals surface area contributed by atoms with Gasteiger partial charge in [-0.1, -0.05) is 30.3 Å². The number of aromatic nitrogens is 2. The topological polar surface area (TPSA) is 49.3 Å². The van der Waals surface area contributed by atoms with Crippen molar-refractivity contribution in [2.24, 2.45) is 0 Å². The fourth-order valence-corrected chi connectivity index (χ4v) is 2.60. The van der Waals surface area contributed by atoms with Crippen LogP contribution in [-0.4, -0.2) is 40.4 Å². The van der Waals surface area contributed by atoms with Gasteiger partial charge in [0.2, 0.25) is 5.95 Å². The second-order valence-corrected chi connectivity index (χ2v) is 5.67. The Hall–Kier alpha value is -2.43. The number of amides is 1. The first-order valence-corrected chi connectivity index (χ1v) is 8.52. The first kappa shape index (κ1) is 17.9. The van der Waals surface area contributed by atoms with Crippen molar-refractivity contribution in [3.05, 3.63) is 53.3 Å². The summed E-state index contributed by atoms with van der Waals surface area (Å²) in [6.45, 7) is 10.9. The summed E-state index contributed by atoms with van der Waals surface area (Å²) in [7, 11) is 0. The van der Waals surface area contributed by atoms with E-state index in [2.05, 4.69) is 28.7 Å². The molecule has 5 nitrogen and oxygen atoms in total. The van der Waals surface area contributed by atoms with Crippen LogP contribution in [0.1, 0.15) is 42.5 Å². The Labute approximate surface area is 144 Å². The standard InChI is InChI=1S/C19H26N4O/c1-5-22(6-2)19-20-15(4)13-17(21-19)18(24)23(7-3)14-16-11-9-8-10-12-16/h8-13H,5-7,14H2,1-4H3. The van der Waals surface area contributed by atoms with E-state index in [0.717, 1.165) is 24.3 Å². The lowest BCUT2D eigenvalue weighted by atomic mass is 10.2. The average molecular weight is 326 g/mol. The Balaban J connectivity index is 2.26. The summed E-state index contributed by atoms with van der Waals surface area (Å²) < 4.78 is 0. The van der Waals surface area contributed by atoms with Crippen LogP contribution >= 0.6 is 0 Å². The molecule has 0 radical (unpaired) electrons. The van der Waals surface area contributed by atoms with E-state index in [4.69, 9.17) is 0 Å². The second-order valence-electron chi connectivity index (χ2n) is 5.67. The Morgan fingerprint density at radius 2 is 1.67 bits per heavy atom. The molecule has 0 aliphatic rings. The summed E-state index contributed by atoms with van der Waals surface area (Å²) >= 11 is 0. The first-order valence-electron chi connectivity index (χ1n) is 8.52. The zero-order chi connectivity index (χ0) is 17.5. The minimum Gasteiger partial charge on any atom is -0.341 e. The molecule has 24 heavy (non-hydrogen) atoms. The molecule has 0 bridgehead atoms. The summed E-state index contributed by atoms with van der Waals surface area (Å²) in [5.74, 6) is 0.569. The van der Waals surface area contributed by atoms with Crippen LogP contribution in [-0.2, 0) is 6.54 Å². The van der Waals surface area contributed by atoms with E-state index in [-0.39, 0.29) is 5.91 Å². The highest BCUT2D eigenvalue weighted by Crippen LogP contribution is 2.14. The number of nitrogens with zero attached hydrogens (tertiary/aromatic N) is 4. The van der Waals surface area contributed by atoms with Crippen molar-refractivity contribution >= 4 is 11.9 Å². The van der Waals surface area contributed by atoms with Crippen LogP contribution in [0.5, 0.6) is 0 Å². The van der Waals surface area contributed by atoms with Crippen LogP contribution in [0.4, 0.5) is 5.95 Å². The zero-order valence-corrected chi connectivity index (χ0v) is 15.0. The van der Waals surface area contributed by atoms with Gasteiger partial charge in [-0.25, -0.2) is 9.97 Å². The number of rotatable bonds is 7. The van der Waals surface area contributed by atoms with E-state index in [0.29, 0.717) is 24.7 Å². The van der Waals surface area contributed by atoms with E-state index in [1.165, 1.54) is 0 Å². The van der Waals surface area contributed by atoms with Crippen LogP contribution in [0.25, 0.3) is 0 Å². The largest absolute Gasteiger partial charge is 0.341 e. The summed E-state index contributed by atoms with van der Waals surface area (Å²) in [4.78, 5) is 25.7. The van der Waals surface area contributed by atoms with Crippen molar-refractivity contribution in [2.45, 2.75) is 34.2 Å². The number of hydrogen-bond acceptors (Lipinski definition) is 4. The fourth-order valence-electron chi connectivity index (χ4n) is 2.60. The highest BCUT2D eigenvalue weighted by atomic mass is 16.2. The number of carbonyl (C=O) groups excluding carboxylic acids is 1. The zero-order valence-electron chi connectivity index (χ0n) is 15.0. The van der Waals surface area contributed by atoms with Gasteiger partial charge < -0.3 is 9.80 Å². The van der Waals surface area contributed by atoms with Crippen molar-refractivity contribution < 1.29 is 4.79 Å². The van der Waals surface area contributed by atoms with Gasteiger partial charge in [-0.05, 0) is 39.3 Å². The lowest BCUT2D eigenvalue weighted by Crippen LogP contribution is -2.32. The Morgan fingerprint density at radius 3 is 2.25 bits per heavy atom. The van der Waals surface area contributed by atoms with Gasteiger partial charge in [-0.3, -0.25) is 4.79 Å². The van der Waals surface area contributed by atoms with Gasteiger partial charge in [0.25, 0.3) is 5.91 Å². The minimum absolute atomic E-state index is 0.0553. The highest BCUT2D eigenvalue weighted by molar-refractivity contribution is 5.92. The molecule has 0 aliphatic carbocycles. The normalized spacial score (nSPS) is 10.5. The highest BCUT2D eigenvalue weighted by Gasteiger charge is 2.18. The molecule has 0 aliphatic heterocycles. The Bertz CT molecular complexity index is 668. The lowest BCUT2D eigenvalue weighted by Gasteiger charge is -2.23. The summed E-state index contributed by atoms with van der Waals surface area (Å²) in [5, 5.41) is 0. The smallest absolute Gasteiger partial charge is 0.272 e. The first-order chi connectivity index (χ1) is 11.6. The quantitative estimate of drug-likeness (QED) is 0.783. The van der Waals surface area contributed by atoms with Crippen molar-refractivity contribution in [1.29, 1.82) is 0 Å². The third kappa shape index (κ3) is 4.31. The van der Waals surface area contributed by atoms with Gasteiger partial charge in [-0.2, -0.15) is 0 Å². The molecule has 1 aromatic carbocycles. The molecule has 0 saturated heterocycles. The molecule has 2 aromatic rings. The average Bonchev–Trinajstić information content (AvgIpc) is 2.60. The maximum Gasteiger partial charge on any atom is 0.272 e. The molecule has 0 unspecified atom stereocenters. The van der Waals surface area contributed by atoms with Gasteiger partial charge in [-0.15, -0.1) is 0 Å². The van der Waals surface area contributed by atoms with Gasteiger partial charge in [0.15, 0.2) is 0 Å². The summed E-state index contributed by atoms with van der Waals surface area (Å²) in [6, 6.07) is 11.8. The van der Waals surface area contributed by atoms with E-state index in [9.17, 15) is 4.79 Å². The van der Waals surface area contributed by atoms with Crippen LogP contribution in [0, 0.1) is 6.92 Å². The second kappa shape index (κ2) is 8.43. The summed E-state index contributed by atoms with van der Waals surface area (Å²) in [6.07, 6.45) is 0. The maximum absolute atomic E-state index is 12.9. The Kier molecular flexibility index (Phi) is 6.29. The van der Waals surface area contributed by atoms with E-state index in [1.807, 2.05) is 49.1 Å². The minimum atomic E-state index is -0.0553. The Morgan fingerprint density at radius 1 is 1.00 bits per heavy atom. The number of anilines is 1. The van der Waals surface area contributed by atoms with Crippen LogP contribution in [0.2, 0.25) is 0 Å². The molecule has 0 saturated carbocycles. The maximum atomic E-state index is 12.9. The molecule has 1 amide bonds. The van der Waals surface area contributed by atoms with Crippen molar-refractivity contribution in [1.82, 2.24) is 14.9 Å². The van der Waals surface area contributed by atoms with Gasteiger partial charge in [0, 0.05) is 31.9 Å². The third-order valence-corrected chi connectivity index (χ3v) is 3.99. The van der Waals surface area contributed by atoms with Crippen LogP contribution < -0.4 is 4.90 Å². The number of hydrogen-bond donors (Lipinski definition) is 0. The fraction of sp³-hybridized carbons (Fsp3) is 0.421. The number of benzene rings is 1. The molecule has 2 rings (SSSR count). The molecule has 1 aromatic heterocycles. The van der Waals surface area contributed by atoms with Gasteiger partial charge in [0.05, 0.1) is 0 Å². The molecule has 0 spiro atoms. The molecular formula is C19H26N4O. The molecule has 128 valence electrons. The van der Waals surface area contributed by atoms with E-state index < -0.39 is 0 Å². The molecule has 0 atom stereocenters. The lowest BCUT2D eigenvalue weighted by molar-refractivity contribution is 0.0746. The molecule has 0 fully saturated rings. The molecule has 5 heteroatoms. The summed E-state index contributed by atoms with van der Waals surface area (Å²) in [5.41, 5.74) is 2.38. The molecule has 1 heterocycles. The third-order valence-electron chi connectivity index (χ3n) is 3.99. The predicted molar refractivity (Wildman–Crippen MR) is 97.2 cm³/mol. The predicted octanol–water partition coefficient (Wildman–Crippen LogP) is 3.29. The number of aryl methyl sites for hydroxylation is 1. The van der Waals surface area contributed by atoms with Crippen LogP contribution in [0.3, 0.4) is 0 Å². The van der Waals surface area contributed by atoms with E-state index >= 15 is 0 Å². The van der Waals surface area contributed by atoms with E-state index in [1.54, 1.807) is 6.07 Å². The monoisotopic (exact) mass is 326 g/mol. The SMILES string of the molecule is CCN(Cc1ccccc1)C(=O)c1cc(C)nc(N(CC)CC)n1. The van der Waals surface area contributed by atoms with Gasteiger partial charge >= 0.3 is 0 Å². The van der Waals surface area contributed by atoms with Gasteiger partial charge in [0.1, 0.15) is 5.69 Å². The van der Waals surface area contributed by atoms with Crippen molar-refractivity contribution in [3.63, 3.8) is 0 Å². The number of carbonyl (C=O) groups is 1. The van der Waals surface area contributed by atoms with Crippen molar-refractivity contribution in [2.75, 3.05) is 24.5 Å². The molecular weight excluding hydrogens is 300 g/mol.